The van der Waals surface area contributed by atoms with Crippen LogP contribution in [0, 0.1) is 0 Å². The second kappa shape index (κ2) is 5.75. The largest absolute Gasteiger partial charge is 0.349 e. The second-order valence-corrected chi connectivity index (χ2v) is 6.04. The molecule has 1 aromatic heterocycles. The van der Waals surface area contributed by atoms with Crippen LogP contribution in [0.3, 0.4) is 0 Å². The quantitative estimate of drug-likeness (QED) is 0.612. The predicted molar refractivity (Wildman–Crippen MR) is 72.9 cm³/mol. The summed E-state index contributed by atoms with van der Waals surface area (Å²) in [6.07, 6.45) is 0. The van der Waals surface area contributed by atoms with Gasteiger partial charge in [-0.25, -0.2) is 4.99 Å². The Hall–Kier alpha value is -0.450. The third kappa shape index (κ3) is 3.54. The summed E-state index contributed by atoms with van der Waals surface area (Å²) in [6, 6.07) is 1.86. The lowest BCUT2D eigenvalue weighted by Gasteiger charge is -2.22. The molecule has 0 spiro atoms. The maximum Gasteiger partial charge on any atom is 0.195 e. The van der Waals surface area contributed by atoms with E-state index in [1.54, 1.807) is 0 Å². The van der Waals surface area contributed by atoms with Crippen LogP contribution >= 0.6 is 34.5 Å². The van der Waals surface area contributed by atoms with Gasteiger partial charge in [0.2, 0.25) is 0 Å². The first-order valence-corrected chi connectivity index (χ1v) is 6.32. The summed E-state index contributed by atoms with van der Waals surface area (Å²) < 4.78 is 1.41. The summed E-state index contributed by atoms with van der Waals surface area (Å²) in [5.74, 6) is 0.901. The van der Waals surface area contributed by atoms with Crippen molar-refractivity contribution in [1.29, 1.82) is 0 Å². The average Bonchev–Trinajstić information content (AvgIpc) is 2.44. The molecule has 16 heavy (non-hydrogen) atoms. The van der Waals surface area contributed by atoms with E-state index in [1.807, 2.05) is 44.1 Å². The molecule has 3 nitrogen and oxygen atoms in total. The summed E-state index contributed by atoms with van der Waals surface area (Å²) in [7, 11) is 7.84. The SMILES string of the molecule is CN(C)C(=NCc1cc(Cl)sc1Cl)N(C)C. The highest BCUT2D eigenvalue weighted by Gasteiger charge is 2.07. The maximum absolute atomic E-state index is 6.03. The van der Waals surface area contributed by atoms with Gasteiger partial charge >= 0.3 is 0 Å². The molecule has 0 saturated heterocycles. The van der Waals surface area contributed by atoms with Crippen LogP contribution in [0.1, 0.15) is 5.56 Å². The van der Waals surface area contributed by atoms with Crippen molar-refractivity contribution in [2.75, 3.05) is 28.2 Å². The molecule has 0 aliphatic carbocycles. The van der Waals surface area contributed by atoms with Gasteiger partial charge in [-0.15, -0.1) is 11.3 Å². The fourth-order valence-corrected chi connectivity index (χ4v) is 2.79. The van der Waals surface area contributed by atoms with Gasteiger partial charge in [0, 0.05) is 33.8 Å². The molecule has 0 saturated carbocycles. The van der Waals surface area contributed by atoms with Crippen molar-refractivity contribution in [3.05, 3.63) is 20.3 Å². The van der Waals surface area contributed by atoms with E-state index in [9.17, 15) is 0 Å². The Morgan fingerprint density at radius 3 is 2.19 bits per heavy atom. The molecule has 0 N–H and O–H groups in total. The molecule has 0 unspecified atom stereocenters. The van der Waals surface area contributed by atoms with Gasteiger partial charge in [0.1, 0.15) is 0 Å². The summed E-state index contributed by atoms with van der Waals surface area (Å²) in [5.41, 5.74) is 0.970. The fourth-order valence-electron chi connectivity index (χ4n) is 1.32. The zero-order valence-electron chi connectivity index (χ0n) is 9.79. The number of hydrogen-bond donors (Lipinski definition) is 0. The molecule has 0 bridgehead atoms. The van der Waals surface area contributed by atoms with E-state index >= 15 is 0 Å². The van der Waals surface area contributed by atoms with Crippen molar-refractivity contribution in [2.24, 2.45) is 4.99 Å². The van der Waals surface area contributed by atoms with E-state index in [0.717, 1.165) is 11.5 Å². The van der Waals surface area contributed by atoms with Crippen LogP contribution in [-0.4, -0.2) is 44.0 Å². The Labute approximate surface area is 110 Å². The molecule has 90 valence electrons. The minimum Gasteiger partial charge on any atom is -0.349 e. The molecule has 1 aromatic rings. The molecule has 0 aromatic carbocycles. The van der Waals surface area contributed by atoms with E-state index in [2.05, 4.69) is 4.99 Å². The number of hydrogen-bond acceptors (Lipinski definition) is 2. The van der Waals surface area contributed by atoms with Crippen LogP contribution in [0.5, 0.6) is 0 Å². The zero-order valence-corrected chi connectivity index (χ0v) is 12.1. The molecular formula is C10H15Cl2N3S. The first-order chi connectivity index (χ1) is 7.41. The number of aliphatic imine (C=N–C) groups is 1. The number of rotatable bonds is 2. The van der Waals surface area contributed by atoms with E-state index < -0.39 is 0 Å². The van der Waals surface area contributed by atoms with Gasteiger partial charge in [0.25, 0.3) is 0 Å². The molecule has 1 heterocycles. The van der Waals surface area contributed by atoms with Gasteiger partial charge in [-0.05, 0) is 6.07 Å². The molecule has 1 rings (SSSR count). The molecular weight excluding hydrogens is 265 g/mol. The molecule has 0 radical (unpaired) electrons. The first kappa shape index (κ1) is 13.6. The number of nitrogens with zero attached hydrogens (tertiary/aromatic N) is 3. The molecule has 0 amide bonds. The minimum absolute atomic E-state index is 0.549. The van der Waals surface area contributed by atoms with Crippen molar-refractivity contribution >= 4 is 40.5 Å². The highest BCUT2D eigenvalue weighted by molar-refractivity contribution is 7.20. The topological polar surface area (TPSA) is 18.8 Å². The van der Waals surface area contributed by atoms with Crippen LogP contribution < -0.4 is 0 Å². The standard InChI is InChI=1S/C10H15Cl2N3S/c1-14(2)10(15(3)4)13-6-7-5-8(11)16-9(7)12/h5H,6H2,1-4H3. The smallest absolute Gasteiger partial charge is 0.195 e. The lowest BCUT2D eigenvalue weighted by atomic mass is 10.3. The molecule has 0 atom stereocenters. The van der Waals surface area contributed by atoms with Gasteiger partial charge in [-0.1, -0.05) is 23.2 Å². The Bertz CT molecular complexity index is 375. The highest BCUT2D eigenvalue weighted by Crippen LogP contribution is 2.31. The molecule has 0 fully saturated rings. The summed E-state index contributed by atoms with van der Waals surface area (Å²) in [4.78, 5) is 8.42. The lowest BCUT2D eigenvalue weighted by Crippen LogP contribution is -2.35. The Morgan fingerprint density at radius 1 is 1.25 bits per heavy atom. The maximum atomic E-state index is 6.03. The van der Waals surface area contributed by atoms with E-state index in [1.165, 1.54) is 11.3 Å². The summed E-state index contributed by atoms with van der Waals surface area (Å²) in [6.45, 7) is 0.549. The van der Waals surface area contributed by atoms with Crippen LogP contribution in [0.2, 0.25) is 8.67 Å². The van der Waals surface area contributed by atoms with Crippen LogP contribution in [-0.2, 0) is 6.54 Å². The summed E-state index contributed by atoms with van der Waals surface area (Å²) in [5, 5.41) is 0. The normalized spacial score (nSPS) is 10.1. The van der Waals surface area contributed by atoms with E-state index in [0.29, 0.717) is 15.2 Å². The van der Waals surface area contributed by atoms with Crippen LogP contribution in [0.15, 0.2) is 11.1 Å². The van der Waals surface area contributed by atoms with Crippen molar-refractivity contribution in [3.8, 4) is 0 Å². The Balaban J connectivity index is 2.81. The summed E-state index contributed by atoms with van der Waals surface area (Å²) >= 11 is 13.3. The third-order valence-corrected chi connectivity index (χ3v) is 3.49. The highest BCUT2D eigenvalue weighted by atomic mass is 35.5. The van der Waals surface area contributed by atoms with E-state index in [4.69, 9.17) is 23.2 Å². The van der Waals surface area contributed by atoms with Gasteiger partial charge in [0.15, 0.2) is 5.96 Å². The van der Waals surface area contributed by atoms with Crippen molar-refractivity contribution < 1.29 is 0 Å². The van der Waals surface area contributed by atoms with E-state index in [-0.39, 0.29) is 0 Å². The van der Waals surface area contributed by atoms with Gasteiger partial charge in [0.05, 0.1) is 15.2 Å². The van der Waals surface area contributed by atoms with Crippen molar-refractivity contribution in [2.45, 2.75) is 6.54 Å². The number of guanidine groups is 1. The average molecular weight is 280 g/mol. The molecule has 6 heteroatoms. The minimum atomic E-state index is 0.549. The first-order valence-electron chi connectivity index (χ1n) is 4.74. The van der Waals surface area contributed by atoms with Gasteiger partial charge in [-0.3, -0.25) is 0 Å². The van der Waals surface area contributed by atoms with Gasteiger partial charge in [-0.2, -0.15) is 0 Å². The predicted octanol–water partition coefficient (Wildman–Crippen LogP) is 3.03. The Morgan fingerprint density at radius 2 is 1.81 bits per heavy atom. The third-order valence-electron chi connectivity index (χ3n) is 1.92. The zero-order chi connectivity index (χ0) is 12.3. The molecule has 0 aliphatic rings. The van der Waals surface area contributed by atoms with Crippen LogP contribution in [0.25, 0.3) is 0 Å². The van der Waals surface area contributed by atoms with Gasteiger partial charge < -0.3 is 9.80 Å². The monoisotopic (exact) mass is 279 g/mol. The van der Waals surface area contributed by atoms with Crippen molar-refractivity contribution in [3.63, 3.8) is 0 Å². The number of thiophene rings is 1. The van der Waals surface area contributed by atoms with Crippen molar-refractivity contribution in [1.82, 2.24) is 9.80 Å². The Kier molecular flexibility index (Phi) is 4.89. The van der Waals surface area contributed by atoms with Crippen LogP contribution in [0.4, 0.5) is 0 Å². The fraction of sp³-hybridized carbons (Fsp3) is 0.500. The molecule has 0 aliphatic heterocycles. The number of halogens is 2. The second-order valence-electron chi connectivity index (χ2n) is 3.75. The lowest BCUT2D eigenvalue weighted by molar-refractivity contribution is 0.479.